The second kappa shape index (κ2) is 6.18. The zero-order chi connectivity index (χ0) is 15.4. The lowest BCUT2D eigenvalue weighted by Gasteiger charge is -2.11. The predicted octanol–water partition coefficient (Wildman–Crippen LogP) is 4.21. The van der Waals surface area contributed by atoms with E-state index >= 15 is 0 Å². The van der Waals surface area contributed by atoms with Crippen molar-refractivity contribution in [2.24, 2.45) is 0 Å². The molecule has 3 aromatic rings. The lowest BCUT2D eigenvalue weighted by atomic mass is 10.1. The van der Waals surface area contributed by atoms with Gasteiger partial charge in [0.15, 0.2) is 0 Å². The van der Waals surface area contributed by atoms with Crippen LogP contribution in [0.25, 0.3) is 11.3 Å². The molecule has 22 heavy (non-hydrogen) atoms. The number of aromatic hydroxyl groups is 1. The zero-order valence-corrected chi connectivity index (χ0v) is 12.2. The van der Waals surface area contributed by atoms with E-state index in [4.69, 9.17) is 4.74 Å². The molecule has 2 aromatic carbocycles. The second-order valence-corrected chi connectivity index (χ2v) is 4.77. The molecule has 0 aliphatic rings. The average Bonchev–Trinajstić information content (AvgIpc) is 2.57. The van der Waals surface area contributed by atoms with Gasteiger partial charge in [-0.15, -0.1) is 0 Å². The first-order chi connectivity index (χ1) is 10.8. The molecule has 0 unspecified atom stereocenters. The van der Waals surface area contributed by atoms with Crippen LogP contribution in [0.4, 0.5) is 11.4 Å². The van der Waals surface area contributed by atoms with Gasteiger partial charge in [0.2, 0.25) is 0 Å². The van der Waals surface area contributed by atoms with Crippen LogP contribution < -0.4 is 10.1 Å². The fraction of sp³-hybridized carbons (Fsp3) is 0.0556. The number of hydrogen-bond donors (Lipinski definition) is 2. The van der Waals surface area contributed by atoms with Crippen molar-refractivity contribution in [1.82, 2.24) is 4.98 Å². The van der Waals surface area contributed by atoms with Crippen molar-refractivity contribution in [1.29, 1.82) is 0 Å². The van der Waals surface area contributed by atoms with E-state index in [0.717, 1.165) is 22.7 Å². The van der Waals surface area contributed by atoms with Gasteiger partial charge in [-0.25, -0.2) is 0 Å². The van der Waals surface area contributed by atoms with Gasteiger partial charge in [0.1, 0.15) is 17.2 Å². The first-order valence-corrected chi connectivity index (χ1v) is 6.92. The number of nitrogens with zero attached hydrogens (tertiary/aromatic N) is 1. The van der Waals surface area contributed by atoms with E-state index in [1.165, 1.54) is 0 Å². The van der Waals surface area contributed by atoms with Crippen LogP contribution in [0.3, 0.4) is 0 Å². The Kier molecular flexibility index (Phi) is 3.92. The van der Waals surface area contributed by atoms with Crippen molar-refractivity contribution in [3.63, 3.8) is 0 Å². The predicted molar refractivity (Wildman–Crippen MR) is 87.6 cm³/mol. The third-order valence-corrected chi connectivity index (χ3v) is 3.33. The van der Waals surface area contributed by atoms with Gasteiger partial charge in [0.25, 0.3) is 0 Å². The van der Waals surface area contributed by atoms with Crippen LogP contribution in [0.15, 0.2) is 66.9 Å². The summed E-state index contributed by atoms with van der Waals surface area (Å²) in [5, 5.41) is 13.2. The highest BCUT2D eigenvalue weighted by Gasteiger charge is 2.06. The third kappa shape index (κ3) is 2.86. The van der Waals surface area contributed by atoms with Crippen molar-refractivity contribution in [3.05, 3.63) is 66.9 Å². The summed E-state index contributed by atoms with van der Waals surface area (Å²) in [5.41, 5.74) is 3.28. The van der Waals surface area contributed by atoms with Gasteiger partial charge in [0.05, 0.1) is 12.8 Å². The Morgan fingerprint density at radius 1 is 0.955 bits per heavy atom. The van der Waals surface area contributed by atoms with Gasteiger partial charge in [0, 0.05) is 17.4 Å². The zero-order valence-electron chi connectivity index (χ0n) is 12.2. The Labute approximate surface area is 129 Å². The Morgan fingerprint density at radius 2 is 1.73 bits per heavy atom. The standard InChI is InChI=1S/C18H16N2O2/c1-22-17-7-3-2-5-15(17)20-14-10-8-13(9-11-14)18-16(21)6-4-12-19-18/h2-12,20-21H,1H3. The molecule has 0 radical (unpaired) electrons. The van der Waals surface area contributed by atoms with Crippen LogP contribution in [-0.4, -0.2) is 17.2 Å². The monoisotopic (exact) mass is 292 g/mol. The van der Waals surface area contributed by atoms with E-state index in [-0.39, 0.29) is 5.75 Å². The third-order valence-electron chi connectivity index (χ3n) is 3.33. The largest absolute Gasteiger partial charge is 0.506 e. The van der Waals surface area contributed by atoms with E-state index < -0.39 is 0 Å². The quantitative estimate of drug-likeness (QED) is 0.756. The molecule has 0 atom stereocenters. The minimum Gasteiger partial charge on any atom is -0.506 e. The molecule has 0 amide bonds. The summed E-state index contributed by atoms with van der Waals surface area (Å²) >= 11 is 0. The Hall–Kier alpha value is -3.01. The molecular weight excluding hydrogens is 276 g/mol. The molecular formula is C18H16N2O2. The van der Waals surface area contributed by atoms with Crippen molar-refractivity contribution < 1.29 is 9.84 Å². The Morgan fingerprint density at radius 3 is 2.45 bits per heavy atom. The van der Waals surface area contributed by atoms with Crippen LogP contribution in [-0.2, 0) is 0 Å². The Bertz CT molecular complexity index is 770. The number of benzene rings is 2. The van der Waals surface area contributed by atoms with Gasteiger partial charge in [-0.1, -0.05) is 24.3 Å². The second-order valence-electron chi connectivity index (χ2n) is 4.77. The highest BCUT2D eigenvalue weighted by atomic mass is 16.5. The van der Waals surface area contributed by atoms with Crippen LogP contribution >= 0.6 is 0 Å². The Balaban J connectivity index is 1.84. The van der Waals surface area contributed by atoms with E-state index in [0.29, 0.717) is 5.69 Å². The number of aromatic nitrogens is 1. The number of anilines is 2. The van der Waals surface area contributed by atoms with Crippen molar-refractivity contribution in [2.75, 3.05) is 12.4 Å². The van der Waals surface area contributed by atoms with Crippen LogP contribution in [0.1, 0.15) is 0 Å². The lowest BCUT2D eigenvalue weighted by Crippen LogP contribution is -1.94. The normalized spacial score (nSPS) is 10.2. The summed E-state index contributed by atoms with van der Waals surface area (Å²) in [7, 11) is 1.65. The fourth-order valence-electron chi connectivity index (χ4n) is 2.23. The maximum absolute atomic E-state index is 9.84. The minimum atomic E-state index is 0.174. The van der Waals surface area contributed by atoms with Gasteiger partial charge < -0.3 is 15.2 Å². The maximum Gasteiger partial charge on any atom is 0.142 e. The maximum atomic E-state index is 9.84. The lowest BCUT2D eigenvalue weighted by molar-refractivity contribution is 0.417. The number of ether oxygens (including phenoxy) is 1. The molecule has 0 aliphatic carbocycles. The van der Waals surface area contributed by atoms with E-state index in [9.17, 15) is 5.11 Å². The summed E-state index contributed by atoms with van der Waals surface area (Å²) in [6.07, 6.45) is 1.66. The minimum absolute atomic E-state index is 0.174. The number of pyridine rings is 1. The highest BCUT2D eigenvalue weighted by molar-refractivity contribution is 5.71. The summed E-state index contributed by atoms with van der Waals surface area (Å²) in [6.45, 7) is 0. The molecule has 0 aliphatic heterocycles. The molecule has 1 heterocycles. The van der Waals surface area contributed by atoms with Gasteiger partial charge in [-0.05, 0) is 36.4 Å². The summed E-state index contributed by atoms with van der Waals surface area (Å²) < 4.78 is 5.32. The molecule has 1 aromatic heterocycles. The summed E-state index contributed by atoms with van der Waals surface area (Å²) in [5.74, 6) is 0.960. The first kappa shape index (κ1) is 13.9. The number of rotatable bonds is 4. The molecule has 2 N–H and O–H groups in total. The van der Waals surface area contributed by atoms with Crippen molar-refractivity contribution >= 4 is 11.4 Å². The van der Waals surface area contributed by atoms with Gasteiger partial charge >= 0.3 is 0 Å². The SMILES string of the molecule is COc1ccccc1Nc1ccc(-c2ncccc2O)cc1. The molecule has 0 spiro atoms. The summed E-state index contributed by atoms with van der Waals surface area (Å²) in [6, 6.07) is 18.8. The molecule has 110 valence electrons. The van der Waals surface area contributed by atoms with Crippen LogP contribution in [0.5, 0.6) is 11.5 Å². The van der Waals surface area contributed by atoms with Crippen molar-refractivity contribution in [3.8, 4) is 22.8 Å². The first-order valence-electron chi connectivity index (χ1n) is 6.92. The topological polar surface area (TPSA) is 54.4 Å². The van der Waals surface area contributed by atoms with Crippen LogP contribution in [0, 0.1) is 0 Å². The summed E-state index contributed by atoms with van der Waals surface area (Å²) in [4.78, 5) is 4.20. The highest BCUT2D eigenvalue weighted by Crippen LogP contribution is 2.30. The van der Waals surface area contributed by atoms with E-state index in [2.05, 4.69) is 10.3 Å². The van der Waals surface area contributed by atoms with Gasteiger partial charge in [-0.2, -0.15) is 0 Å². The number of hydrogen-bond acceptors (Lipinski definition) is 4. The average molecular weight is 292 g/mol. The van der Waals surface area contributed by atoms with Crippen molar-refractivity contribution in [2.45, 2.75) is 0 Å². The van der Waals surface area contributed by atoms with E-state index in [1.807, 2.05) is 48.5 Å². The molecule has 4 heteroatoms. The molecule has 0 bridgehead atoms. The fourth-order valence-corrected chi connectivity index (χ4v) is 2.23. The molecule has 4 nitrogen and oxygen atoms in total. The molecule has 3 rings (SSSR count). The molecule has 0 saturated carbocycles. The number of para-hydroxylation sites is 2. The van der Waals surface area contributed by atoms with Gasteiger partial charge in [-0.3, -0.25) is 4.98 Å². The molecule has 0 saturated heterocycles. The van der Waals surface area contributed by atoms with Crippen LogP contribution in [0.2, 0.25) is 0 Å². The van der Waals surface area contributed by atoms with E-state index in [1.54, 1.807) is 25.4 Å². The number of methoxy groups -OCH3 is 1. The number of nitrogens with one attached hydrogen (secondary N) is 1. The smallest absolute Gasteiger partial charge is 0.142 e. The molecule has 0 fully saturated rings.